The third-order valence-electron chi connectivity index (χ3n) is 6.17. The summed E-state index contributed by atoms with van der Waals surface area (Å²) in [6, 6.07) is 15.0. The second kappa shape index (κ2) is 9.20. The molecule has 0 spiro atoms. The van der Waals surface area contributed by atoms with Crippen LogP contribution in [-0.2, 0) is 16.0 Å². The Kier molecular flexibility index (Phi) is 6.02. The van der Waals surface area contributed by atoms with Crippen LogP contribution in [0.5, 0.6) is 17.2 Å². The lowest BCUT2D eigenvalue weighted by Gasteiger charge is -2.26. The lowest BCUT2D eigenvalue weighted by atomic mass is 9.94. The number of fused-ring (bicyclic) bond motifs is 1. The van der Waals surface area contributed by atoms with Gasteiger partial charge in [0.2, 0.25) is 0 Å². The van der Waals surface area contributed by atoms with Gasteiger partial charge >= 0.3 is 6.36 Å². The van der Waals surface area contributed by atoms with E-state index in [4.69, 9.17) is 9.47 Å². The molecule has 2 heterocycles. The van der Waals surface area contributed by atoms with Gasteiger partial charge in [0.05, 0.1) is 25.3 Å². The Bertz CT molecular complexity index is 1410. The Hall–Kier alpha value is -4.47. The average Bonchev–Trinajstić information content (AvgIpc) is 3.44. The number of carbonyl (C=O) groups is 2. The molecule has 1 amide bonds. The summed E-state index contributed by atoms with van der Waals surface area (Å²) < 4.78 is 53.2. The van der Waals surface area contributed by atoms with Crippen molar-refractivity contribution in [2.45, 2.75) is 18.8 Å². The third kappa shape index (κ3) is 4.57. The topological polar surface area (TPSA) is 85.3 Å². The number of nitrogens with zero attached hydrogens (tertiary/aromatic N) is 1. The van der Waals surface area contributed by atoms with Crippen LogP contribution in [0, 0.1) is 0 Å². The molecule has 1 saturated heterocycles. The highest BCUT2D eigenvalue weighted by Gasteiger charge is 2.47. The van der Waals surface area contributed by atoms with Crippen molar-refractivity contribution < 1.29 is 42.1 Å². The maximum Gasteiger partial charge on any atom is 0.573 e. The standard InChI is InChI=1S/C27H20F3NO6/c1-35-19-8-5-15(6-9-19)23-22(24(32)17-7-10-21-16(13-17)11-12-36-21)25(33)26(34)31(23)18-3-2-4-20(14-18)37-27(28,29)30/h2-10,13-14,23,32H,11-12H2,1H3/b24-22-. The first kappa shape index (κ1) is 24.2. The number of ether oxygens (including phenoxy) is 3. The van der Waals surface area contributed by atoms with Gasteiger partial charge in [-0.15, -0.1) is 13.2 Å². The SMILES string of the molecule is COc1ccc(C2/C(=C(/O)c3ccc4c(c3)CCO4)C(=O)C(=O)N2c2cccc(OC(F)(F)F)c2)cc1. The van der Waals surface area contributed by atoms with Crippen molar-refractivity contribution in [2.24, 2.45) is 0 Å². The molecule has 3 aromatic rings. The van der Waals surface area contributed by atoms with E-state index in [1.54, 1.807) is 42.5 Å². The van der Waals surface area contributed by atoms with Crippen molar-refractivity contribution in [2.75, 3.05) is 18.6 Å². The fraction of sp³-hybridized carbons (Fsp3) is 0.185. The van der Waals surface area contributed by atoms with Crippen molar-refractivity contribution in [3.05, 3.63) is 89.0 Å². The van der Waals surface area contributed by atoms with Crippen LogP contribution >= 0.6 is 0 Å². The number of hydrogen-bond acceptors (Lipinski definition) is 6. The van der Waals surface area contributed by atoms with Crippen LogP contribution in [0.4, 0.5) is 18.9 Å². The monoisotopic (exact) mass is 511 g/mol. The molecule has 1 fully saturated rings. The maximum atomic E-state index is 13.3. The first-order chi connectivity index (χ1) is 17.7. The summed E-state index contributed by atoms with van der Waals surface area (Å²) in [7, 11) is 1.48. The van der Waals surface area contributed by atoms with E-state index in [-0.39, 0.29) is 11.3 Å². The molecule has 5 rings (SSSR count). The van der Waals surface area contributed by atoms with Crippen LogP contribution in [0.25, 0.3) is 5.76 Å². The third-order valence-corrected chi connectivity index (χ3v) is 6.17. The van der Waals surface area contributed by atoms with Crippen LogP contribution in [-0.4, -0.2) is 36.9 Å². The molecule has 0 radical (unpaired) electrons. The number of methoxy groups -OCH3 is 1. The summed E-state index contributed by atoms with van der Waals surface area (Å²) in [5, 5.41) is 11.3. The highest BCUT2D eigenvalue weighted by atomic mass is 19.4. The number of hydrogen-bond donors (Lipinski definition) is 1. The molecule has 190 valence electrons. The molecule has 0 bridgehead atoms. The molecule has 2 aliphatic rings. The first-order valence-electron chi connectivity index (χ1n) is 11.2. The van der Waals surface area contributed by atoms with E-state index in [2.05, 4.69) is 4.74 Å². The summed E-state index contributed by atoms with van der Waals surface area (Å²) >= 11 is 0. The molecule has 3 aromatic carbocycles. The van der Waals surface area contributed by atoms with Gasteiger partial charge in [-0.05, 0) is 53.6 Å². The summed E-state index contributed by atoms with van der Waals surface area (Å²) in [4.78, 5) is 27.6. The number of benzene rings is 3. The number of alkyl halides is 3. The van der Waals surface area contributed by atoms with E-state index < -0.39 is 35.6 Å². The maximum absolute atomic E-state index is 13.3. The zero-order valence-corrected chi connectivity index (χ0v) is 19.4. The smallest absolute Gasteiger partial charge is 0.507 e. The number of carbonyl (C=O) groups excluding carboxylic acids is 2. The predicted octanol–water partition coefficient (Wildman–Crippen LogP) is 5.16. The second-order valence-corrected chi connectivity index (χ2v) is 8.41. The van der Waals surface area contributed by atoms with Gasteiger partial charge in [-0.2, -0.15) is 0 Å². The highest BCUT2D eigenvalue weighted by Crippen LogP contribution is 2.44. The van der Waals surface area contributed by atoms with E-state index in [0.717, 1.165) is 22.6 Å². The Labute approximate surface area is 209 Å². The van der Waals surface area contributed by atoms with Crippen molar-refractivity contribution >= 4 is 23.1 Å². The van der Waals surface area contributed by atoms with Gasteiger partial charge in [-0.25, -0.2) is 0 Å². The molecule has 2 aliphatic heterocycles. The molecule has 7 nitrogen and oxygen atoms in total. The van der Waals surface area contributed by atoms with Gasteiger partial charge in [-0.3, -0.25) is 14.5 Å². The van der Waals surface area contributed by atoms with E-state index in [1.165, 1.54) is 19.2 Å². The van der Waals surface area contributed by atoms with Gasteiger partial charge in [0.25, 0.3) is 11.7 Å². The first-order valence-corrected chi connectivity index (χ1v) is 11.2. The highest BCUT2D eigenvalue weighted by molar-refractivity contribution is 6.51. The van der Waals surface area contributed by atoms with Crippen LogP contribution in [0.2, 0.25) is 0 Å². The Morgan fingerprint density at radius 1 is 1.03 bits per heavy atom. The molecule has 37 heavy (non-hydrogen) atoms. The fourth-order valence-electron chi connectivity index (χ4n) is 4.52. The Morgan fingerprint density at radius 3 is 2.49 bits per heavy atom. The second-order valence-electron chi connectivity index (χ2n) is 8.41. The minimum absolute atomic E-state index is 0.00827. The predicted molar refractivity (Wildman–Crippen MR) is 127 cm³/mol. The normalized spacial score (nSPS) is 18.5. The molecular weight excluding hydrogens is 491 g/mol. The zero-order chi connectivity index (χ0) is 26.3. The van der Waals surface area contributed by atoms with Crippen LogP contribution in [0.15, 0.2) is 72.3 Å². The fourth-order valence-corrected chi connectivity index (χ4v) is 4.52. The number of anilines is 1. The summed E-state index contributed by atoms with van der Waals surface area (Å²) in [6.45, 7) is 0.492. The van der Waals surface area contributed by atoms with Crippen LogP contribution in [0.3, 0.4) is 0 Å². The van der Waals surface area contributed by atoms with Crippen molar-refractivity contribution in [1.82, 2.24) is 0 Å². The van der Waals surface area contributed by atoms with Gasteiger partial charge in [0.15, 0.2) is 0 Å². The zero-order valence-electron chi connectivity index (χ0n) is 19.4. The molecule has 0 aromatic heterocycles. The average molecular weight is 511 g/mol. The number of amides is 1. The summed E-state index contributed by atoms with van der Waals surface area (Å²) in [6.07, 6.45) is -4.32. The van der Waals surface area contributed by atoms with Crippen molar-refractivity contribution in [3.63, 3.8) is 0 Å². The van der Waals surface area contributed by atoms with Gasteiger partial charge in [0, 0.05) is 23.7 Å². The van der Waals surface area contributed by atoms with Gasteiger partial charge in [-0.1, -0.05) is 18.2 Å². The Balaban J connectivity index is 1.66. The number of aliphatic hydroxyl groups is 1. The number of rotatable bonds is 5. The number of aliphatic hydroxyl groups excluding tert-OH is 1. The number of ketones is 1. The number of halogens is 3. The van der Waals surface area contributed by atoms with Gasteiger partial charge < -0.3 is 19.3 Å². The molecule has 1 N–H and O–H groups in total. The minimum atomic E-state index is -4.94. The molecule has 10 heteroatoms. The van der Waals surface area contributed by atoms with E-state index in [1.807, 2.05) is 0 Å². The summed E-state index contributed by atoms with van der Waals surface area (Å²) in [5.41, 5.74) is 1.39. The molecule has 0 aliphatic carbocycles. The van der Waals surface area contributed by atoms with Gasteiger partial charge in [0.1, 0.15) is 23.0 Å². The van der Waals surface area contributed by atoms with Crippen LogP contribution < -0.4 is 19.1 Å². The Morgan fingerprint density at radius 2 is 1.78 bits per heavy atom. The van der Waals surface area contributed by atoms with E-state index in [9.17, 15) is 27.9 Å². The van der Waals surface area contributed by atoms with E-state index >= 15 is 0 Å². The molecule has 0 saturated carbocycles. The lowest BCUT2D eigenvalue weighted by Crippen LogP contribution is -2.29. The van der Waals surface area contributed by atoms with Crippen molar-refractivity contribution in [1.29, 1.82) is 0 Å². The summed E-state index contributed by atoms with van der Waals surface area (Å²) in [5.74, 6) is -1.75. The quantitative estimate of drug-likeness (QED) is 0.290. The van der Waals surface area contributed by atoms with Crippen molar-refractivity contribution in [3.8, 4) is 17.2 Å². The van der Waals surface area contributed by atoms with Crippen LogP contribution in [0.1, 0.15) is 22.7 Å². The molecule has 1 atom stereocenters. The van der Waals surface area contributed by atoms with E-state index in [0.29, 0.717) is 35.7 Å². The minimum Gasteiger partial charge on any atom is -0.507 e. The molecular formula is C27H20F3NO6. The number of Topliss-reactive ketones (excluding diaryl/α,β-unsaturated/α-hetero) is 1. The largest absolute Gasteiger partial charge is 0.573 e. The lowest BCUT2D eigenvalue weighted by molar-refractivity contribution is -0.274. The molecule has 1 unspecified atom stereocenters.